The van der Waals surface area contributed by atoms with Crippen molar-refractivity contribution in [1.29, 1.82) is 0 Å². The summed E-state index contributed by atoms with van der Waals surface area (Å²) in [6.07, 6.45) is 4.08. The zero-order valence-corrected chi connectivity index (χ0v) is 22.3. The average Bonchev–Trinajstić information content (AvgIpc) is 3.43. The van der Waals surface area contributed by atoms with Gasteiger partial charge in [-0.3, -0.25) is 9.78 Å². The van der Waals surface area contributed by atoms with Crippen LogP contribution in [0.15, 0.2) is 60.4 Å². The molecule has 2 fully saturated rings. The van der Waals surface area contributed by atoms with Gasteiger partial charge in [0.15, 0.2) is 0 Å². The van der Waals surface area contributed by atoms with Gasteiger partial charge >= 0.3 is 12.1 Å². The number of aliphatic hydroxyl groups excluding tert-OH is 2. The van der Waals surface area contributed by atoms with E-state index in [1.807, 2.05) is 6.92 Å². The first kappa shape index (κ1) is 27.9. The van der Waals surface area contributed by atoms with Crippen LogP contribution in [0.4, 0.5) is 4.79 Å². The highest BCUT2D eigenvalue weighted by molar-refractivity contribution is 8.03. The van der Waals surface area contributed by atoms with E-state index in [-0.39, 0.29) is 48.6 Å². The van der Waals surface area contributed by atoms with Crippen LogP contribution in [0.1, 0.15) is 31.9 Å². The van der Waals surface area contributed by atoms with Crippen molar-refractivity contribution >= 4 is 29.7 Å². The average molecular weight is 544 g/mol. The summed E-state index contributed by atoms with van der Waals surface area (Å²) < 4.78 is 10.6. The summed E-state index contributed by atoms with van der Waals surface area (Å²) in [5.41, 5.74) is 0.795. The molecule has 10 nitrogen and oxygen atoms in total. The molecule has 38 heavy (non-hydrogen) atoms. The highest BCUT2D eigenvalue weighted by atomic mass is 32.2. The molecule has 0 spiro atoms. The zero-order chi connectivity index (χ0) is 27.6. The first-order valence-corrected chi connectivity index (χ1v) is 13.4. The van der Waals surface area contributed by atoms with Crippen LogP contribution in [0.25, 0.3) is 0 Å². The van der Waals surface area contributed by atoms with Crippen molar-refractivity contribution in [2.45, 2.75) is 49.8 Å². The molecule has 1 aromatic rings. The summed E-state index contributed by atoms with van der Waals surface area (Å²) in [7, 11) is 0. The number of hydrogen-bond acceptors (Lipinski definition) is 9. The Morgan fingerprint density at radius 3 is 2.50 bits per heavy atom. The lowest BCUT2D eigenvalue weighted by molar-refractivity contribution is -0.164. The summed E-state index contributed by atoms with van der Waals surface area (Å²) in [6, 6.07) is 2.45. The van der Waals surface area contributed by atoms with Gasteiger partial charge in [0.25, 0.3) is 0 Å². The molecule has 0 aromatic carbocycles. The number of β-lactam (4-membered cyclic amide) rings is 1. The molecule has 0 unspecified atom stereocenters. The molecule has 1 aromatic heterocycles. The Labute approximate surface area is 226 Å². The Bertz CT molecular complexity index is 1120. The van der Waals surface area contributed by atoms with Crippen molar-refractivity contribution < 1.29 is 34.1 Å². The molecule has 2 amide bonds. The predicted molar refractivity (Wildman–Crippen MR) is 140 cm³/mol. The van der Waals surface area contributed by atoms with E-state index in [9.17, 15) is 24.6 Å². The predicted octanol–water partition coefficient (Wildman–Crippen LogP) is 2.41. The minimum absolute atomic E-state index is 0.00621. The number of ether oxygens (including phenoxy) is 2. The fourth-order valence-corrected chi connectivity index (χ4v) is 7.00. The summed E-state index contributed by atoms with van der Waals surface area (Å²) in [5.74, 6) is -1.78. The third-order valence-electron chi connectivity index (χ3n) is 7.20. The van der Waals surface area contributed by atoms with Crippen LogP contribution in [-0.4, -0.2) is 86.2 Å². The molecule has 7 atom stereocenters. The monoisotopic (exact) mass is 543 g/mol. The molecular weight excluding hydrogens is 510 g/mol. The highest BCUT2D eigenvalue weighted by Gasteiger charge is 2.60. The second-order valence-electron chi connectivity index (χ2n) is 9.64. The lowest BCUT2D eigenvalue weighted by Gasteiger charge is -2.46. The number of pyridine rings is 1. The first-order valence-electron chi connectivity index (χ1n) is 12.5. The molecule has 0 radical (unpaired) electrons. The van der Waals surface area contributed by atoms with E-state index in [2.05, 4.69) is 18.1 Å². The van der Waals surface area contributed by atoms with Crippen LogP contribution in [0.3, 0.4) is 0 Å². The lowest BCUT2D eigenvalue weighted by Crippen LogP contribution is -2.63. The minimum Gasteiger partial charge on any atom is -0.457 e. The molecule has 2 saturated heterocycles. The second kappa shape index (κ2) is 11.7. The molecule has 11 heteroatoms. The summed E-state index contributed by atoms with van der Waals surface area (Å²) >= 11 is 1.40. The van der Waals surface area contributed by atoms with Gasteiger partial charge < -0.3 is 29.5 Å². The Hall–Kier alpha value is -3.15. The summed E-state index contributed by atoms with van der Waals surface area (Å²) in [4.78, 5) is 46.5. The minimum atomic E-state index is -0.979. The quantitative estimate of drug-likeness (QED) is 0.260. The number of carbonyl (C=O) groups is 3. The van der Waals surface area contributed by atoms with Crippen molar-refractivity contribution in [2.75, 3.05) is 19.8 Å². The van der Waals surface area contributed by atoms with E-state index in [1.54, 1.807) is 31.5 Å². The van der Waals surface area contributed by atoms with Gasteiger partial charge in [0.2, 0.25) is 5.91 Å². The number of carbonyl (C=O) groups excluding carboxylic acids is 3. The maximum Gasteiger partial charge on any atom is 0.410 e. The molecular formula is C27H33N3O7S. The van der Waals surface area contributed by atoms with Crippen molar-refractivity contribution in [3.05, 3.63) is 66.0 Å². The Balaban J connectivity index is 1.62. The molecule has 4 rings (SSSR count). The molecule has 0 saturated carbocycles. The van der Waals surface area contributed by atoms with E-state index in [0.717, 1.165) is 0 Å². The van der Waals surface area contributed by atoms with Crippen LogP contribution < -0.4 is 0 Å². The van der Waals surface area contributed by atoms with Crippen LogP contribution in [0.5, 0.6) is 0 Å². The number of fused-ring (bicyclic) bond motifs is 1. The fourth-order valence-electron chi connectivity index (χ4n) is 5.47. The maximum absolute atomic E-state index is 13.1. The van der Waals surface area contributed by atoms with E-state index >= 15 is 0 Å². The smallest absolute Gasteiger partial charge is 0.410 e. The van der Waals surface area contributed by atoms with Crippen molar-refractivity contribution in [3.8, 4) is 0 Å². The lowest BCUT2D eigenvalue weighted by atomic mass is 9.79. The zero-order valence-electron chi connectivity index (χ0n) is 21.4. The number of nitrogens with zero attached hydrogens (tertiary/aromatic N) is 3. The van der Waals surface area contributed by atoms with Crippen molar-refractivity contribution in [1.82, 2.24) is 14.8 Å². The number of aliphatic hydroxyl groups is 2. The first-order chi connectivity index (χ1) is 18.2. The Kier molecular flexibility index (Phi) is 8.59. The van der Waals surface area contributed by atoms with E-state index < -0.39 is 36.2 Å². The number of aromatic nitrogens is 1. The van der Waals surface area contributed by atoms with Gasteiger partial charge in [-0.2, -0.15) is 0 Å². The molecule has 3 aliphatic rings. The van der Waals surface area contributed by atoms with Gasteiger partial charge in [0, 0.05) is 35.0 Å². The van der Waals surface area contributed by atoms with Gasteiger partial charge in [0.05, 0.1) is 30.2 Å². The van der Waals surface area contributed by atoms with Crippen molar-refractivity contribution in [3.63, 3.8) is 0 Å². The van der Waals surface area contributed by atoms with Gasteiger partial charge in [-0.05, 0) is 31.0 Å². The third-order valence-corrected chi connectivity index (χ3v) is 8.70. The largest absolute Gasteiger partial charge is 0.457 e. The van der Waals surface area contributed by atoms with Crippen molar-refractivity contribution in [2.24, 2.45) is 11.8 Å². The van der Waals surface area contributed by atoms with Crippen LogP contribution >= 0.6 is 11.8 Å². The van der Waals surface area contributed by atoms with Gasteiger partial charge in [-0.15, -0.1) is 11.8 Å². The number of thioether (sulfide) groups is 1. The maximum atomic E-state index is 13.1. The number of esters is 1. The van der Waals surface area contributed by atoms with Gasteiger partial charge in [0.1, 0.15) is 18.9 Å². The fraction of sp³-hybridized carbons (Fsp3) is 0.481. The molecule has 4 heterocycles. The third kappa shape index (κ3) is 5.10. The number of likely N-dealkylation sites (tertiary alicyclic amines) is 1. The molecule has 2 N–H and O–H groups in total. The Morgan fingerprint density at radius 2 is 1.87 bits per heavy atom. The molecule has 204 valence electrons. The van der Waals surface area contributed by atoms with Gasteiger partial charge in [-0.1, -0.05) is 32.2 Å². The van der Waals surface area contributed by atoms with Gasteiger partial charge in [-0.25, -0.2) is 9.59 Å². The van der Waals surface area contributed by atoms with E-state index in [0.29, 0.717) is 16.9 Å². The summed E-state index contributed by atoms with van der Waals surface area (Å²) in [5, 5.41) is 21.2. The van der Waals surface area contributed by atoms with Crippen LogP contribution in [0, 0.1) is 11.8 Å². The van der Waals surface area contributed by atoms with Crippen LogP contribution in [-0.2, 0) is 19.1 Å². The topological polar surface area (TPSA) is 130 Å². The van der Waals surface area contributed by atoms with Crippen LogP contribution in [0.2, 0.25) is 0 Å². The van der Waals surface area contributed by atoms with E-state index in [1.165, 1.54) is 33.7 Å². The number of amides is 2. The number of hydrogen-bond donors (Lipinski definition) is 2. The summed E-state index contributed by atoms with van der Waals surface area (Å²) in [6.45, 7) is 10.9. The number of rotatable bonds is 10. The standard InChI is InChI=1S/C27H33N3O7S/c1-5-11-36-26(34)22-24(15(3)21-20(16(4)31)25(33)30(21)22)38-18-13-19(23(32)17-7-9-28-10-8-17)29(14-18)27(35)37-12-6-2/h5-10,15-16,18-21,23,31-32H,1-2,11-14H2,3-4H3/t15-,16-,18+,19+,20-,21-,23+/m1/s1. The Morgan fingerprint density at radius 1 is 1.21 bits per heavy atom. The normalized spacial score (nSPS) is 27.9. The SMILES string of the molecule is C=CCOC(=O)C1=C(S[C@H]2C[C@@H]([C@@H](O)c3ccncc3)N(C(=O)OCC=C)C2)[C@H](C)[C@@H]2[C@@H]([C@@H](C)O)C(=O)N12. The molecule has 0 aliphatic carbocycles. The second-order valence-corrected chi connectivity index (χ2v) is 11.0. The molecule has 3 aliphatic heterocycles. The highest BCUT2D eigenvalue weighted by Crippen LogP contribution is 2.52. The molecule has 0 bridgehead atoms. The van der Waals surface area contributed by atoms with E-state index in [4.69, 9.17) is 9.47 Å².